The second kappa shape index (κ2) is 17.5. The molecule has 0 aliphatic heterocycles. The summed E-state index contributed by atoms with van der Waals surface area (Å²) in [5, 5.41) is 18.4. The Balaban J connectivity index is 4.42. The van der Waals surface area contributed by atoms with Gasteiger partial charge in [-0.15, -0.1) is 0 Å². The third kappa shape index (κ3) is 13.6. The molecule has 0 saturated heterocycles. The molecule has 0 aromatic carbocycles. The van der Waals surface area contributed by atoms with Gasteiger partial charge in [0.05, 0.1) is 0 Å². The van der Waals surface area contributed by atoms with E-state index in [4.69, 9.17) is 5.11 Å². The molecule has 0 aromatic heterocycles. The summed E-state index contributed by atoms with van der Waals surface area (Å²) in [6.07, 6.45) is 13.1. The molecule has 0 aromatic rings. The van der Waals surface area contributed by atoms with Crippen LogP contribution in [0.3, 0.4) is 0 Å². The number of hydrogen-bond acceptors (Lipinski definition) is 3. The minimum absolute atomic E-state index is 0.0414. The summed E-state index contributed by atoms with van der Waals surface area (Å²) in [4.78, 5) is 36.5. The maximum Gasteiger partial charge on any atom is 0.326 e. The summed E-state index contributed by atoms with van der Waals surface area (Å²) in [7, 11) is 0. The lowest BCUT2D eigenvalue weighted by Gasteiger charge is -2.29. The quantitative estimate of drug-likeness (QED) is 0.289. The highest BCUT2D eigenvalue weighted by Gasteiger charge is 2.29. The summed E-state index contributed by atoms with van der Waals surface area (Å²) >= 11 is 0. The van der Waals surface area contributed by atoms with E-state index in [-0.39, 0.29) is 18.7 Å². The molecule has 6 heteroatoms. The normalized spacial score (nSPS) is 11.9. The maximum atomic E-state index is 12.7. The van der Waals surface area contributed by atoms with E-state index in [1.165, 1.54) is 43.4 Å². The van der Waals surface area contributed by atoms with Crippen molar-refractivity contribution in [3.05, 3.63) is 0 Å². The Bertz CT molecular complexity index is 439. The zero-order valence-corrected chi connectivity index (χ0v) is 18.0. The number of amides is 1. The fourth-order valence-electron chi connectivity index (χ4n) is 3.39. The van der Waals surface area contributed by atoms with Crippen LogP contribution in [-0.2, 0) is 14.4 Å². The molecule has 0 radical (unpaired) electrons. The number of carboxylic acid groups (broad SMARTS) is 2. The van der Waals surface area contributed by atoms with Crippen molar-refractivity contribution >= 4 is 17.8 Å². The molecule has 0 aliphatic rings. The third-order valence-corrected chi connectivity index (χ3v) is 5.11. The molecule has 1 unspecified atom stereocenters. The van der Waals surface area contributed by atoms with Gasteiger partial charge in [-0.3, -0.25) is 9.59 Å². The first kappa shape index (κ1) is 26.4. The largest absolute Gasteiger partial charge is 0.481 e. The minimum atomic E-state index is -1.11. The smallest absolute Gasteiger partial charge is 0.326 e. The molecule has 0 heterocycles. The van der Waals surface area contributed by atoms with Gasteiger partial charge in [0.25, 0.3) is 0 Å². The molecule has 164 valence electrons. The van der Waals surface area contributed by atoms with Crippen LogP contribution in [0.2, 0.25) is 0 Å². The van der Waals surface area contributed by atoms with Gasteiger partial charge >= 0.3 is 11.9 Å². The first-order chi connectivity index (χ1) is 13.4. The highest BCUT2D eigenvalue weighted by Crippen LogP contribution is 2.15. The molecule has 2 N–H and O–H groups in total. The summed E-state index contributed by atoms with van der Waals surface area (Å²) in [5.41, 5.74) is 0. The third-order valence-electron chi connectivity index (χ3n) is 5.11. The number of unbranched alkanes of at least 4 members (excludes halogenated alkanes) is 10. The molecule has 1 amide bonds. The molecule has 0 spiro atoms. The molecule has 0 bridgehead atoms. The highest BCUT2D eigenvalue weighted by molar-refractivity contribution is 5.84. The summed E-state index contributed by atoms with van der Waals surface area (Å²) in [6.45, 7) is 4.65. The molecule has 6 nitrogen and oxygen atoms in total. The predicted octanol–water partition coefficient (Wildman–Crippen LogP) is 5.24. The number of carbonyl (C=O) groups is 3. The first-order valence-electron chi connectivity index (χ1n) is 11.2. The number of aliphatic carboxylic acids is 2. The van der Waals surface area contributed by atoms with Gasteiger partial charge in [0.15, 0.2) is 0 Å². The van der Waals surface area contributed by atoms with Gasteiger partial charge in [-0.05, 0) is 19.3 Å². The van der Waals surface area contributed by atoms with Gasteiger partial charge in [0.1, 0.15) is 6.04 Å². The van der Waals surface area contributed by atoms with Crippen LogP contribution in [0.4, 0.5) is 0 Å². The van der Waals surface area contributed by atoms with Crippen molar-refractivity contribution in [1.29, 1.82) is 0 Å². The number of carboxylic acids is 2. The molecule has 0 aliphatic carbocycles. The standard InChI is InChI=1S/C22H41NO5/c1-3-5-7-8-9-10-11-12-13-15-20(24)23(18-14-6-4-2)19(22(27)28)16-17-21(25)26/h19H,3-18H2,1-2H3,(H,25,26)(H,27,28). The van der Waals surface area contributed by atoms with E-state index >= 15 is 0 Å². The summed E-state index contributed by atoms with van der Waals surface area (Å²) < 4.78 is 0. The van der Waals surface area contributed by atoms with Crippen LogP contribution in [-0.4, -0.2) is 45.5 Å². The van der Waals surface area contributed by atoms with Crippen molar-refractivity contribution in [2.45, 2.75) is 116 Å². The second-order valence-corrected chi connectivity index (χ2v) is 7.66. The Kier molecular flexibility index (Phi) is 16.5. The number of carbonyl (C=O) groups excluding carboxylic acids is 1. The van der Waals surface area contributed by atoms with Gasteiger partial charge in [0.2, 0.25) is 5.91 Å². The lowest BCUT2D eigenvalue weighted by Crippen LogP contribution is -2.45. The van der Waals surface area contributed by atoms with Gasteiger partial charge in [-0.25, -0.2) is 4.79 Å². The average molecular weight is 400 g/mol. The van der Waals surface area contributed by atoms with Crippen molar-refractivity contribution in [1.82, 2.24) is 4.90 Å². The SMILES string of the molecule is CCCCCCCCCCCC(=O)N(CCCCC)C(CCC(=O)O)C(=O)O. The molecular weight excluding hydrogens is 358 g/mol. The van der Waals surface area contributed by atoms with Gasteiger partial charge in [-0.1, -0.05) is 78.1 Å². The molecule has 1 atom stereocenters. The van der Waals surface area contributed by atoms with Crippen LogP contribution < -0.4 is 0 Å². The van der Waals surface area contributed by atoms with Gasteiger partial charge < -0.3 is 15.1 Å². The van der Waals surface area contributed by atoms with Crippen LogP contribution in [0.1, 0.15) is 110 Å². The lowest BCUT2D eigenvalue weighted by atomic mass is 10.0. The zero-order chi connectivity index (χ0) is 21.2. The molecule has 0 fully saturated rings. The Morgan fingerprint density at radius 3 is 1.71 bits per heavy atom. The van der Waals surface area contributed by atoms with Crippen LogP contribution in [0.5, 0.6) is 0 Å². The first-order valence-corrected chi connectivity index (χ1v) is 11.2. The van der Waals surface area contributed by atoms with E-state index < -0.39 is 18.0 Å². The molecule has 0 rings (SSSR count). The number of nitrogens with zero attached hydrogens (tertiary/aromatic N) is 1. The topological polar surface area (TPSA) is 94.9 Å². The zero-order valence-electron chi connectivity index (χ0n) is 18.0. The van der Waals surface area contributed by atoms with Crippen molar-refractivity contribution in [3.63, 3.8) is 0 Å². The second-order valence-electron chi connectivity index (χ2n) is 7.66. The summed E-state index contributed by atoms with van der Waals surface area (Å²) in [6, 6.07) is -1.04. The Hall–Kier alpha value is -1.59. The fourth-order valence-corrected chi connectivity index (χ4v) is 3.39. The van der Waals surface area contributed by atoms with E-state index in [1.807, 2.05) is 6.92 Å². The highest BCUT2D eigenvalue weighted by atomic mass is 16.4. The van der Waals surface area contributed by atoms with E-state index in [9.17, 15) is 19.5 Å². The van der Waals surface area contributed by atoms with E-state index in [0.29, 0.717) is 13.0 Å². The maximum absolute atomic E-state index is 12.7. The van der Waals surface area contributed by atoms with E-state index in [0.717, 1.165) is 38.5 Å². The average Bonchev–Trinajstić information content (AvgIpc) is 2.64. The van der Waals surface area contributed by atoms with Crippen LogP contribution in [0.15, 0.2) is 0 Å². The van der Waals surface area contributed by atoms with E-state index in [1.54, 1.807) is 0 Å². The number of rotatable bonds is 19. The van der Waals surface area contributed by atoms with Crippen LogP contribution in [0, 0.1) is 0 Å². The Labute approximate surface area is 170 Å². The molecule has 0 saturated carbocycles. The molecular formula is C22H41NO5. The van der Waals surface area contributed by atoms with Crippen molar-refractivity contribution in [2.75, 3.05) is 6.54 Å². The fraction of sp³-hybridized carbons (Fsp3) is 0.864. The minimum Gasteiger partial charge on any atom is -0.481 e. The lowest BCUT2D eigenvalue weighted by molar-refractivity contribution is -0.151. The number of hydrogen-bond donors (Lipinski definition) is 2. The van der Waals surface area contributed by atoms with Crippen molar-refractivity contribution in [2.24, 2.45) is 0 Å². The van der Waals surface area contributed by atoms with Crippen LogP contribution >= 0.6 is 0 Å². The monoisotopic (exact) mass is 399 g/mol. The molecule has 28 heavy (non-hydrogen) atoms. The van der Waals surface area contributed by atoms with Gasteiger partial charge in [-0.2, -0.15) is 0 Å². The van der Waals surface area contributed by atoms with Gasteiger partial charge in [0, 0.05) is 19.4 Å². The predicted molar refractivity (Wildman–Crippen MR) is 111 cm³/mol. The Morgan fingerprint density at radius 1 is 0.714 bits per heavy atom. The van der Waals surface area contributed by atoms with E-state index in [2.05, 4.69) is 6.92 Å². The summed E-state index contributed by atoms with van der Waals surface area (Å²) in [5.74, 6) is -2.30. The van der Waals surface area contributed by atoms with Crippen molar-refractivity contribution in [3.8, 4) is 0 Å². The van der Waals surface area contributed by atoms with Crippen molar-refractivity contribution < 1.29 is 24.6 Å². The van der Waals surface area contributed by atoms with Crippen LogP contribution in [0.25, 0.3) is 0 Å². The Morgan fingerprint density at radius 2 is 1.21 bits per heavy atom.